The highest BCUT2D eigenvalue weighted by atomic mass is 16.2. The Bertz CT molecular complexity index is 316. The molecule has 1 aliphatic heterocycles. The van der Waals surface area contributed by atoms with Gasteiger partial charge in [0.05, 0.1) is 0 Å². The molecule has 2 heterocycles. The standard InChI is InChI=1S/C9H11N3O/c13-9-2-1-6-12(9)7-3-8-10-4-5-11-8/h3-5,7H,1-2,6H2,(H,10,11). The van der Waals surface area contributed by atoms with Crippen molar-refractivity contribution in [2.75, 3.05) is 6.54 Å². The Hall–Kier alpha value is -1.58. The molecule has 0 aliphatic carbocycles. The van der Waals surface area contributed by atoms with Gasteiger partial charge in [-0.15, -0.1) is 0 Å². The van der Waals surface area contributed by atoms with Crippen molar-refractivity contribution in [3.63, 3.8) is 0 Å². The predicted molar refractivity (Wildman–Crippen MR) is 48.6 cm³/mol. The molecule has 0 spiro atoms. The topological polar surface area (TPSA) is 49.0 Å². The highest BCUT2D eigenvalue weighted by Crippen LogP contribution is 2.10. The van der Waals surface area contributed by atoms with Gasteiger partial charge >= 0.3 is 0 Å². The van der Waals surface area contributed by atoms with E-state index >= 15 is 0 Å². The summed E-state index contributed by atoms with van der Waals surface area (Å²) in [5, 5.41) is 0. The van der Waals surface area contributed by atoms with Crippen molar-refractivity contribution in [2.45, 2.75) is 12.8 Å². The first kappa shape index (κ1) is 8.04. The Morgan fingerprint density at radius 2 is 2.54 bits per heavy atom. The van der Waals surface area contributed by atoms with Gasteiger partial charge in [0.2, 0.25) is 5.91 Å². The lowest BCUT2D eigenvalue weighted by Crippen LogP contribution is -2.17. The van der Waals surface area contributed by atoms with E-state index in [1.165, 1.54) is 0 Å². The molecule has 68 valence electrons. The molecule has 1 aromatic heterocycles. The van der Waals surface area contributed by atoms with Gasteiger partial charge < -0.3 is 9.88 Å². The summed E-state index contributed by atoms with van der Waals surface area (Å²) >= 11 is 0. The Morgan fingerprint density at radius 3 is 3.15 bits per heavy atom. The molecule has 1 fully saturated rings. The second-order valence-electron chi connectivity index (χ2n) is 2.98. The number of hydrogen-bond donors (Lipinski definition) is 1. The van der Waals surface area contributed by atoms with Crippen molar-refractivity contribution in [1.82, 2.24) is 14.9 Å². The van der Waals surface area contributed by atoms with E-state index in [1.807, 2.05) is 6.08 Å². The highest BCUT2D eigenvalue weighted by molar-refractivity contribution is 5.79. The number of hydrogen-bond acceptors (Lipinski definition) is 2. The minimum absolute atomic E-state index is 0.197. The van der Waals surface area contributed by atoms with Crippen molar-refractivity contribution in [2.24, 2.45) is 0 Å². The lowest BCUT2D eigenvalue weighted by atomic mass is 10.4. The Labute approximate surface area is 76.3 Å². The average molecular weight is 177 g/mol. The zero-order valence-corrected chi connectivity index (χ0v) is 7.23. The number of likely N-dealkylation sites (tertiary alicyclic amines) is 1. The number of amides is 1. The third-order valence-electron chi connectivity index (χ3n) is 2.04. The van der Waals surface area contributed by atoms with Crippen LogP contribution in [0.2, 0.25) is 0 Å². The maximum Gasteiger partial charge on any atom is 0.226 e. The van der Waals surface area contributed by atoms with Crippen LogP contribution < -0.4 is 0 Å². The Kier molecular flexibility index (Phi) is 2.12. The van der Waals surface area contributed by atoms with Gasteiger partial charge in [-0.2, -0.15) is 0 Å². The molecule has 4 nitrogen and oxygen atoms in total. The highest BCUT2D eigenvalue weighted by Gasteiger charge is 2.16. The van der Waals surface area contributed by atoms with Crippen LogP contribution in [0.15, 0.2) is 18.6 Å². The van der Waals surface area contributed by atoms with Crippen LogP contribution in [-0.2, 0) is 4.79 Å². The smallest absolute Gasteiger partial charge is 0.226 e. The normalized spacial score (nSPS) is 17.5. The minimum atomic E-state index is 0.197. The largest absolute Gasteiger partial charge is 0.345 e. The molecule has 0 radical (unpaired) electrons. The quantitative estimate of drug-likeness (QED) is 0.732. The number of aromatic amines is 1. The molecule has 1 amide bonds. The van der Waals surface area contributed by atoms with Crippen molar-refractivity contribution >= 4 is 12.0 Å². The number of nitrogens with zero attached hydrogens (tertiary/aromatic N) is 2. The van der Waals surface area contributed by atoms with Gasteiger partial charge in [0.15, 0.2) is 0 Å². The lowest BCUT2D eigenvalue weighted by Gasteiger charge is -2.07. The van der Waals surface area contributed by atoms with E-state index in [2.05, 4.69) is 9.97 Å². The molecule has 2 rings (SSSR count). The van der Waals surface area contributed by atoms with Crippen LogP contribution in [0.25, 0.3) is 6.08 Å². The van der Waals surface area contributed by atoms with E-state index < -0.39 is 0 Å². The molecule has 0 saturated carbocycles. The van der Waals surface area contributed by atoms with Gasteiger partial charge in [0.25, 0.3) is 0 Å². The van der Waals surface area contributed by atoms with Crippen LogP contribution in [0.4, 0.5) is 0 Å². The number of rotatable bonds is 2. The van der Waals surface area contributed by atoms with Crippen molar-refractivity contribution in [3.8, 4) is 0 Å². The molecule has 1 saturated heterocycles. The molecule has 0 aromatic carbocycles. The first-order valence-electron chi connectivity index (χ1n) is 4.33. The molecule has 0 atom stereocenters. The van der Waals surface area contributed by atoms with Crippen LogP contribution in [0.5, 0.6) is 0 Å². The predicted octanol–water partition coefficient (Wildman–Crippen LogP) is 1.00. The van der Waals surface area contributed by atoms with Crippen LogP contribution >= 0.6 is 0 Å². The molecule has 1 N–H and O–H groups in total. The van der Waals surface area contributed by atoms with E-state index in [0.29, 0.717) is 6.42 Å². The molecule has 0 unspecified atom stereocenters. The maximum absolute atomic E-state index is 11.2. The second-order valence-corrected chi connectivity index (χ2v) is 2.98. The number of carbonyl (C=O) groups is 1. The first-order chi connectivity index (χ1) is 6.36. The van der Waals surface area contributed by atoms with E-state index in [9.17, 15) is 4.79 Å². The van der Waals surface area contributed by atoms with Gasteiger partial charge in [0, 0.05) is 31.6 Å². The summed E-state index contributed by atoms with van der Waals surface area (Å²) in [7, 11) is 0. The van der Waals surface area contributed by atoms with Crippen LogP contribution in [-0.4, -0.2) is 27.3 Å². The number of aromatic nitrogens is 2. The molecule has 4 heteroatoms. The Morgan fingerprint density at radius 1 is 1.62 bits per heavy atom. The average Bonchev–Trinajstić information content (AvgIpc) is 2.72. The summed E-state index contributed by atoms with van der Waals surface area (Å²) in [5.74, 6) is 0.975. The molecule has 1 aliphatic rings. The van der Waals surface area contributed by atoms with E-state index in [4.69, 9.17) is 0 Å². The fourth-order valence-electron chi connectivity index (χ4n) is 1.36. The van der Waals surface area contributed by atoms with Crippen molar-refractivity contribution in [1.29, 1.82) is 0 Å². The summed E-state index contributed by atoms with van der Waals surface area (Å²) in [4.78, 5) is 19.9. The lowest BCUT2D eigenvalue weighted by molar-refractivity contribution is -0.125. The van der Waals surface area contributed by atoms with Gasteiger partial charge in [-0.1, -0.05) is 0 Å². The number of H-pyrrole nitrogens is 1. The fraction of sp³-hybridized carbons (Fsp3) is 0.333. The molecule has 0 bridgehead atoms. The van der Waals surface area contributed by atoms with E-state index in [1.54, 1.807) is 23.5 Å². The summed E-state index contributed by atoms with van der Waals surface area (Å²) in [6.07, 6.45) is 8.66. The summed E-state index contributed by atoms with van der Waals surface area (Å²) in [6.45, 7) is 0.829. The summed E-state index contributed by atoms with van der Waals surface area (Å²) in [5.41, 5.74) is 0. The van der Waals surface area contributed by atoms with Crippen molar-refractivity contribution in [3.05, 3.63) is 24.4 Å². The number of nitrogens with one attached hydrogen (secondary N) is 1. The first-order valence-corrected chi connectivity index (χ1v) is 4.33. The molecule has 1 aromatic rings. The van der Waals surface area contributed by atoms with Gasteiger partial charge in [-0.3, -0.25) is 4.79 Å². The third kappa shape index (κ3) is 1.77. The molecular weight excluding hydrogens is 166 g/mol. The third-order valence-corrected chi connectivity index (χ3v) is 2.04. The van der Waals surface area contributed by atoms with Crippen LogP contribution in [0, 0.1) is 0 Å². The van der Waals surface area contributed by atoms with Crippen LogP contribution in [0.1, 0.15) is 18.7 Å². The van der Waals surface area contributed by atoms with Gasteiger partial charge in [0.1, 0.15) is 5.82 Å². The summed E-state index contributed by atoms with van der Waals surface area (Å²) in [6, 6.07) is 0. The molecular formula is C9H11N3O. The fourth-order valence-corrected chi connectivity index (χ4v) is 1.36. The molecule has 13 heavy (non-hydrogen) atoms. The monoisotopic (exact) mass is 177 g/mol. The Balaban J connectivity index is 2.01. The minimum Gasteiger partial charge on any atom is -0.345 e. The van der Waals surface area contributed by atoms with Crippen LogP contribution in [0.3, 0.4) is 0 Å². The van der Waals surface area contributed by atoms with E-state index in [0.717, 1.165) is 18.8 Å². The van der Waals surface area contributed by atoms with Gasteiger partial charge in [-0.25, -0.2) is 4.98 Å². The zero-order chi connectivity index (χ0) is 9.10. The zero-order valence-electron chi connectivity index (χ0n) is 7.23. The van der Waals surface area contributed by atoms with Crippen molar-refractivity contribution < 1.29 is 4.79 Å². The summed E-state index contributed by atoms with van der Waals surface area (Å²) < 4.78 is 0. The second kappa shape index (κ2) is 3.43. The SMILES string of the molecule is O=C1CCCN1C=Cc1ncc[nH]1. The van der Waals surface area contributed by atoms with E-state index in [-0.39, 0.29) is 5.91 Å². The number of carbonyl (C=O) groups excluding carboxylic acids is 1. The van der Waals surface area contributed by atoms with Gasteiger partial charge in [-0.05, 0) is 12.5 Å². The maximum atomic E-state index is 11.2. The number of imidazole rings is 1.